The van der Waals surface area contributed by atoms with Crippen LogP contribution in [0.5, 0.6) is 0 Å². The van der Waals surface area contributed by atoms with E-state index in [0.717, 1.165) is 19.4 Å². The number of hydrogen-bond donors (Lipinski definition) is 1. The van der Waals surface area contributed by atoms with Crippen LogP contribution in [0.15, 0.2) is 17.5 Å². The molecule has 0 saturated carbocycles. The maximum Gasteiger partial charge on any atom is 0.324 e. The zero-order chi connectivity index (χ0) is 15.5. The molecule has 22 heavy (non-hydrogen) atoms. The standard InChI is InChI=1S/C15H19N3O3S/c19-13(6-2-8-18-14(20)10-16-15(18)21)17-7-1-4-11(17)12-5-3-9-22-12/h3,5,9,11H,1-2,4,6-8,10H2,(H,16,21)/t11-/m1/s1. The average Bonchev–Trinajstić information content (AvgIpc) is 3.22. The van der Waals surface area contributed by atoms with Gasteiger partial charge in [0.15, 0.2) is 0 Å². The molecule has 1 aromatic heterocycles. The van der Waals surface area contributed by atoms with Crippen molar-refractivity contribution in [1.82, 2.24) is 15.1 Å². The Morgan fingerprint density at radius 2 is 2.27 bits per heavy atom. The highest BCUT2D eigenvalue weighted by Crippen LogP contribution is 2.34. The molecule has 2 aliphatic rings. The number of nitrogens with one attached hydrogen (secondary N) is 1. The third-order valence-electron chi connectivity index (χ3n) is 4.15. The van der Waals surface area contributed by atoms with Gasteiger partial charge in [0, 0.05) is 24.4 Å². The largest absolute Gasteiger partial charge is 0.335 e. The van der Waals surface area contributed by atoms with E-state index in [0.29, 0.717) is 19.4 Å². The summed E-state index contributed by atoms with van der Waals surface area (Å²) in [6, 6.07) is 3.94. The monoisotopic (exact) mass is 321 g/mol. The van der Waals surface area contributed by atoms with Crippen LogP contribution in [-0.4, -0.2) is 47.3 Å². The van der Waals surface area contributed by atoms with E-state index in [2.05, 4.69) is 11.4 Å². The average molecular weight is 321 g/mol. The van der Waals surface area contributed by atoms with E-state index in [1.807, 2.05) is 16.3 Å². The molecule has 3 rings (SSSR count). The van der Waals surface area contributed by atoms with Gasteiger partial charge in [0.2, 0.25) is 11.8 Å². The number of carbonyl (C=O) groups excluding carboxylic acids is 3. The van der Waals surface area contributed by atoms with E-state index in [-0.39, 0.29) is 30.4 Å². The summed E-state index contributed by atoms with van der Waals surface area (Å²) in [6.45, 7) is 1.18. The van der Waals surface area contributed by atoms with Crippen molar-refractivity contribution in [3.05, 3.63) is 22.4 Å². The lowest BCUT2D eigenvalue weighted by Crippen LogP contribution is -2.34. The van der Waals surface area contributed by atoms with Crippen molar-refractivity contribution in [3.63, 3.8) is 0 Å². The molecule has 0 bridgehead atoms. The van der Waals surface area contributed by atoms with E-state index in [9.17, 15) is 14.4 Å². The zero-order valence-electron chi connectivity index (χ0n) is 12.3. The molecule has 0 aromatic carbocycles. The molecule has 2 fully saturated rings. The van der Waals surface area contributed by atoms with Crippen LogP contribution in [0.2, 0.25) is 0 Å². The number of hydrogen-bond acceptors (Lipinski definition) is 4. The van der Waals surface area contributed by atoms with Crippen LogP contribution in [0, 0.1) is 0 Å². The Morgan fingerprint density at radius 1 is 1.41 bits per heavy atom. The van der Waals surface area contributed by atoms with Crippen molar-refractivity contribution in [3.8, 4) is 0 Å². The van der Waals surface area contributed by atoms with Gasteiger partial charge in [0.25, 0.3) is 0 Å². The van der Waals surface area contributed by atoms with Gasteiger partial charge in [-0.1, -0.05) is 6.07 Å². The van der Waals surface area contributed by atoms with Crippen LogP contribution >= 0.6 is 11.3 Å². The van der Waals surface area contributed by atoms with Gasteiger partial charge in [0.1, 0.15) is 0 Å². The summed E-state index contributed by atoms with van der Waals surface area (Å²) in [5.74, 6) is -0.0990. The second-order valence-electron chi connectivity index (χ2n) is 5.57. The molecular formula is C15H19N3O3S. The first-order valence-electron chi connectivity index (χ1n) is 7.58. The predicted molar refractivity (Wildman–Crippen MR) is 82.4 cm³/mol. The molecule has 118 valence electrons. The van der Waals surface area contributed by atoms with Gasteiger partial charge in [0.05, 0.1) is 12.6 Å². The van der Waals surface area contributed by atoms with Crippen LogP contribution in [0.25, 0.3) is 0 Å². The van der Waals surface area contributed by atoms with Crippen LogP contribution in [0.1, 0.15) is 36.6 Å². The fourth-order valence-corrected chi connectivity index (χ4v) is 3.93. The number of thiophene rings is 1. The van der Waals surface area contributed by atoms with Gasteiger partial charge in [-0.2, -0.15) is 0 Å². The second kappa shape index (κ2) is 6.48. The summed E-state index contributed by atoms with van der Waals surface area (Å²) in [7, 11) is 0. The molecule has 2 saturated heterocycles. The lowest BCUT2D eigenvalue weighted by molar-refractivity contribution is -0.132. The number of carbonyl (C=O) groups is 3. The molecule has 6 nitrogen and oxygen atoms in total. The van der Waals surface area contributed by atoms with Gasteiger partial charge in [-0.25, -0.2) is 4.79 Å². The minimum absolute atomic E-state index is 0.0688. The van der Waals surface area contributed by atoms with Gasteiger partial charge in [-0.3, -0.25) is 14.5 Å². The molecule has 1 atom stereocenters. The lowest BCUT2D eigenvalue weighted by atomic mass is 10.1. The van der Waals surface area contributed by atoms with Crippen LogP contribution in [0.4, 0.5) is 4.79 Å². The Hall–Kier alpha value is -1.89. The molecule has 0 unspecified atom stereocenters. The number of urea groups is 1. The number of likely N-dealkylation sites (tertiary alicyclic amines) is 1. The van der Waals surface area contributed by atoms with E-state index >= 15 is 0 Å². The van der Waals surface area contributed by atoms with Gasteiger partial charge in [-0.05, 0) is 30.7 Å². The Morgan fingerprint density at radius 3 is 2.95 bits per heavy atom. The van der Waals surface area contributed by atoms with Gasteiger partial charge < -0.3 is 10.2 Å². The number of imide groups is 1. The molecule has 0 spiro atoms. The van der Waals surface area contributed by atoms with Crippen molar-refractivity contribution in [2.45, 2.75) is 31.7 Å². The molecule has 2 aliphatic heterocycles. The zero-order valence-corrected chi connectivity index (χ0v) is 13.1. The van der Waals surface area contributed by atoms with Gasteiger partial charge >= 0.3 is 6.03 Å². The van der Waals surface area contributed by atoms with Crippen LogP contribution in [0.3, 0.4) is 0 Å². The summed E-state index contributed by atoms with van der Waals surface area (Å²) < 4.78 is 0. The van der Waals surface area contributed by atoms with E-state index < -0.39 is 0 Å². The Balaban J connectivity index is 1.51. The minimum atomic E-state index is -0.352. The maximum atomic E-state index is 12.4. The van der Waals surface area contributed by atoms with Crippen molar-refractivity contribution in [2.24, 2.45) is 0 Å². The minimum Gasteiger partial charge on any atom is -0.335 e. The maximum absolute atomic E-state index is 12.4. The van der Waals surface area contributed by atoms with E-state index in [1.165, 1.54) is 9.78 Å². The van der Waals surface area contributed by atoms with Crippen molar-refractivity contribution < 1.29 is 14.4 Å². The van der Waals surface area contributed by atoms with Crippen molar-refractivity contribution in [2.75, 3.05) is 19.6 Å². The first kappa shape index (κ1) is 15.0. The van der Waals surface area contributed by atoms with Crippen molar-refractivity contribution >= 4 is 29.2 Å². The van der Waals surface area contributed by atoms with E-state index in [4.69, 9.17) is 0 Å². The highest BCUT2D eigenvalue weighted by molar-refractivity contribution is 7.10. The number of amides is 4. The number of nitrogens with zero attached hydrogens (tertiary/aromatic N) is 2. The first-order valence-corrected chi connectivity index (χ1v) is 8.46. The molecule has 4 amide bonds. The summed E-state index contributed by atoms with van der Waals surface area (Å²) >= 11 is 1.69. The molecule has 1 N–H and O–H groups in total. The van der Waals surface area contributed by atoms with E-state index in [1.54, 1.807) is 11.3 Å². The normalized spacial score (nSPS) is 21.5. The summed E-state index contributed by atoms with van der Waals surface area (Å²) in [6.07, 6.45) is 2.94. The van der Waals surface area contributed by atoms with Crippen LogP contribution < -0.4 is 5.32 Å². The lowest BCUT2D eigenvalue weighted by Gasteiger charge is -2.24. The fraction of sp³-hybridized carbons (Fsp3) is 0.533. The fourth-order valence-electron chi connectivity index (χ4n) is 3.06. The Labute approximate surface area is 133 Å². The Kier molecular flexibility index (Phi) is 4.42. The van der Waals surface area contributed by atoms with Gasteiger partial charge in [-0.15, -0.1) is 11.3 Å². The molecule has 1 aromatic rings. The SMILES string of the molecule is O=C1CNC(=O)N1CCCC(=O)N1CCC[C@@H]1c1cccs1. The predicted octanol–water partition coefficient (Wildman–Crippen LogP) is 1.74. The third kappa shape index (κ3) is 2.99. The summed E-state index contributed by atoms with van der Waals surface area (Å²) in [4.78, 5) is 39.7. The second-order valence-corrected chi connectivity index (χ2v) is 6.55. The van der Waals surface area contributed by atoms with Crippen molar-refractivity contribution in [1.29, 1.82) is 0 Å². The smallest absolute Gasteiger partial charge is 0.324 e. The number of rotatable bonds is 5. The summed E-state index contributed by atoms with van der Waals surface area (Å²) in [5, 5.41) is 4.52. The Bertz CT molecular complexity index is 557. The molecular weight excluding hydrogens is 302 g/mol. The topological polar surface area (TPSA) is 69.7 Å². The molecule has 7 heteroatoms. The molecule has 0 radical (unpaired) electrons. The molecule has 3 heterocycles. The highest BCUT2D eigenvalue weighted by Gasteiger charge is 2.31. The third-order valence-corrected chi connectivity index (χ3v) is 5.13. The first-order chi connectivity index (χ1) is 10.7. The summed E-state index contributed by atoms with van der Waals surface area (Å²) in [5.41, 5.74) is 0. The highest BCUT2D eigenvalue weighted by atomic mass is 32.1. The quantitative estimate of drug-likeness (QED) is 0.840. The van der Waals surface area contributed by atoms with Crippen LogP contribution in [-0.2, 0) is 9.59 Å². The molecule has 0 aliphatic carbocycles.